The standard InChI is InChI=1S/C13H15F2NO3/c1-2-11(13(18)19)16-12(17)6-3-8-7-9(14)4-5-10(8)15/h4-5,7,11H,2-3,6H2,1H3,(H,16,17)(H,18,19). The van der Waals surface area contributed by atoms with Crippen LogP contribution in [0, 0.1) is 11.6 Å². The summed E-state index contributed by atoms with van der Waals surface area (Å²) in [5, 5.41) is 11.1. The molecule has 1 atom stereocenters. The molecule has 0 aliphatic carbocycles. The summed E-state index contributed by atoms with van der Waals surface area (Å²) >= 11 is 0. The lowest BCUT2D eigenvalue weighted by Crippen LogP contribution is -2.40. The summed E-state index contributed by atoms with van der Waals surface area (Å²) in [6.07, 6.45) is 0.186. The highest BCUT2D eigenvalue weighted by molar-refractivity contribution is 5.83. The maximum atomic E-state index is 13.3. The molecule has 1 aromatic rings. The molecule has 0 aromatic heterocycles. The Bertz CT molecular complexity index is 477. The zero-order chi connectivity index (χ0) is 14.4. The first kappa shape index (κ1) is 15.1. The van der Waals surface area contributed by atoms with Crippen LogP contribution < -0.4 is 5.32 Å². The Morgan fingerprint density at radius 2 is 2.05 bits per heavy atom. The Kier molecular flexibility index (Phi) is 5.41. The second kappa shape index (κ2) is 6.82. The van der Waals surface area contributed by atoms with Gasteiger partial charge in [-0.25, -0.2) is 13.6 Å². The fourth-order valence-electron chi connectivity index (χ4n) is 1.59. The van der Waals surface area contributed by atoms with Crippen molar-refractivity contribution in [2.75, 3.05) is 0 Å². The summed E-state index contributed by atoms with van der Waals surface area (Å²) in [7, 11) is 0. The molecule has 0 aliphatic heterocycles. The van der Waals surface area contributed by atoms with Gasteiger partial charge < -0.3 is 10.4 Å². The van der Waals surface area contributed by atoms with Crippen LogP contribution in [-0.4, -0.2) is 23.0 Å². The van der Waals surface area contributed by atoms with Gasteiger partial charge in [-0.1, -0.05) is 6.92 Å². The van der Waals surface area contributed by atoms with E-state index in [2.05, 4.69) is 5.32 Å². The van der Waals surface area contributed by atoms with Gasteiger partial charge in [-0.2, -0.15) is 0 Å². The number of amides is 1. The number of carbonyl (C=O) groups is 2. The molecule has 1 unspecified atom stereocenters. The van der Waals surface area contributed by atoms with Gasteiger partial charge in [-0.3, -0.25) is 4.79 Å². The minimum Gasteiger partial charge on any atom is -0.480 e. The molecule has 104 valence electrons. The van der Waals surface area contributed by atoms with E-state index in [0.29, 0.717) is 0 Å². The van der Waals surface area contributed by atoms with Crippen LogP contribution in [0.25, 0.3) is 0 Å². The topological polar surface area (TPSA) is 66.4 Å². The van der Waals surface area contributed by atoms with Crippen molar-refractivity contribution in [1.82, 2.24) is 5.32 Å². The summed E-state index contributed by atoms with van der Waals surface area (Å²) in [5.41, 5.74) is 0.0959. The van der Waals surface area contributed by atoms with Gasteiger partial charge in [0, 0.05) is 6.42 Å². The van der Waals surface area contributed by atoms with Gasteiger partial charge in [0.2, 0.25) is 5.91 Å². The van der Waals surface area contributed by atoms with Gasteiger partial charge in [0.1, 0.15) is 17.7 Å². The third-order valence-corrected chi connectivity index (χ3v) is 2.67. The van der Waals surface area contributed by atoms with Gasteiger partial charge in [0.15, 0.2) is 0 Å². The molecule has 1 amide bonds. The highest BCUT2D eigenvalue weighted by atomic mass is 19.1. The summed E-state index contributed by atoms with van der Waals surface area (Å²) in [6.45, 7) is 1.63. The number of carbonyl (C=O) groups excluding carboxylic acids is 1. The van der Waals surface area contributed by atoms with Crippen LogP contribution in [-0.2, 0) is 16.0 Å². The molecule has 1 rings (SSSR count). The SMILES string of the molecule is CCC(NC(=O)CCc1cc(F)ccc1F)C(=O)O. The summed E-state index contributed by atoms with van der Waals surface area (Å²) in [4.78, 5) is 22.2. The van der Waals surface area contributed by atoms with E-state index < -0.39 is 29.6 Å². The number of aliphatic carboxylic acids is 1. The molecule has 0 fully saturated rings. The molecule has 0 heterocycles. The van der Waals surface area contributed by atoms with Crippen molar-refractivity contribution in [3.8, 4) is 0 Å². The molecule has 1 aromatic carbocycles. The highest BCUT2D eigenvalue weighted by Gasteiger charge is 2.17. The minimum absolute atomic E-state index is 0.0193. The first-order chi connectivity index (χ1) is 8.93. The fraction of sp³-hybridized carbons (Fsp3) is 0.385. The number of hydrogen-bond acceptors (Lipinski definition) is 2. The lowest BCUT2D eigenvalue weighted by atomic mass is 10.1. The average molecular weight is 271 g/mol. The van der Waals surface area contributed by atoms with Crippen LogP contribution in [0.5, 0.6) is 0 Å². The number of carboxylic acid groups (broad SMARTS) is 1. The van der Waals surface area contributed by atoms with Gasteiger partial charge in [-0.05, 0) is 36.6 Å². The van der Waals surface area contributed by atoms with Crippen LogP contribution in [0.15, 0.2) is 18.2 Å². The molecule has 2 N–H and O–H groups in total. The van der Waals surface area contributed by atoms with E-state index in [1.807, 2.05) is 0 Å². The van der Waals surface area contributed by atoms with Crippen molar-refractivity contribution in [3.63, 3.8) is 0 Å². The number of benzene rings is 1. The van der Waals surface area contributed by atoms with Crippen molar-refractivity contribution in [2.24, 2.45) is 0 Å². The van der Waals surface area contributed by atoms with E-state index in [9.17, 15) is 18.4 Å². The monoisotopic (exact) mass is 271 g/mol. The van der Waals surface area contributed by atoms with Gasteiger partial charge in [0.05, 0.1) is 0 Å². The average Bonchev–Trinajstić information content (AvgIpc) is 2.36. The van der Waals surface area contributed by atoms with Crippen molar-refractivity contribution in [3.05, 3.63) is 35.4 Å². The smallest absolute Gasteiger partial charge is 0.326 e. The number of nitrogens with one attached hydrogen (secondary N) is 1. The van der Waals surface area contributed by atoms with Crippen molar-refractivity contribution in [1.29, 1.82) is 0 Å². The van der Waals surface area contributed by atoms with Crippen LogP contribution in [0.2, 0.25) is 0 Å². The predicted octanol–water partition coefficient (Wildman–Crippen LogP) is 1.88. The van der Waals surface area contributed by atoms with E-state index in [-0.39, 0.29) is 24.8 Å². The molecule has 6 heteroatoms. The molecule has 19 heavy (non-hydrogen) atoms. The molecular weight excluding hydrogens is 256 g/mol. The summed E-state index contributed by atoms with van der Waals surface area (Å²) in [6, 6.07) is 2.06. The van der Waals surface area contributed by atoms with Crippen molar-refractivity contribution < 1.29 is 23.5 Å². The van der Waals surface area contributed by atoms with E-state index in [1.54, 1.807) is 6.92 Å². The third-order valence-electron chi connectivity index (χ3n) is 2.67. The molecular formula is C13H15F2NO3. The van der Waals surface area contributed by atoms with Crippen molar-refractivity contribution >= 4 is 11.9 Å². The number of carboxylic acids is 1. The van der Waals surface area contributed by atoms with Gasteiger partial charge in [0.25, 0.3) is 0 Å². The number of aryl methyl sites for hydroxylation is 1. The molecule has 0 aliphatic rings. The first-order valence-electron chi connectivity index (χ1n) is 5.90. The first-order valence-corrected chi connectivity index (χ1v) is 5.90. The largest absolute Gasteiger partial charge is 0.480 e. The Morgan fingerprint density at radius 1 is 1.37 bits per heavy atom. The van der Waals surface area contributed by atoms with E-state index >= 15 is 0 Å². The van der Waals surface area contributed by atoms with Crippen LogP contribution in [0.1, 0.15) is 25.3 Å². The lowest BCUT2D eigenvalue weighted by molar-refractivity contribution is -0.141. The molecule has 0 bridgehead atoms. The minimum atomic E-state index is -1.12. The van der Waals surface area contributed by atoms with E-state index in [4.69, 9.17) is 5.11 Å². The van der Waals surface area contributed by atoms with E-state index in [0.717, 1.165) is 18.2 Å². The Hall–Kier alpha value is -1.98. The normalized spacial score (nSPS) is 11.9. The Morgan fingerprint density at radius 3 is 2.63 bits per heavy atom. The maximum Gasteiger partial charge on any atom is 0.326 e. The quantitative estimate of drug-likeness (QED) is 0.830. The lowest BCUT2D eigenvalue weighted by Gasteiger charge is -2.12. The zero-order valence-corrected chi connectivity index (χ0v) is 10.5. The van der Waals surface area contributed by atoms with Crippen LogP contribution >= 0.6 is 0 Å². The second-order valence-corrected chi connectivity index (χ2v) is 4.10. The summed E-state index contributed by atoms with van der Waals surface area (Å²) < 4.78 is 26.2. The molecule has 0 saturated carbocycles. The molecule has 0 radical (unpaired) electrons. The third kappa shape index (κ3) is 4.65. The van der Waals surface area contributed by atoms with Gasteiger partial charge in [-0.15, -0.1) is 0 Å². The highest BCUT2D eigenvalue weighted by Crippen LogP contribution is 2.11. The summed E-state index contributed by atoms with van der Waals surface area (Å²) in [5.74, 6) is -2.78. The van der Waals surface area contributed by atoms with Gasteiger partial charge >= 0.3 is 5.97 Å². The Labute approximate surface area is 109 Å². The number of halogens is 2. The predicted molar refractivity (Wildman–Crippen MR) is 64.5 cm³/mol. The second-order valence-electron chi connectivity index (χ2n) is 4.10. The van der Waals surface area contributed by atoms with Crippen LogP contribution in [0.3, 0.4) is 0 Å². The molecule has 4 nitrogen and oxygen atoms in total. The Balaban J connectivity index is 2.54. The molecule has 0 saturated heterocycles. The van der Waals surface area contributed by atoms with Crippen LogP contribution in [0.4, 0.5) is 8.78 Å². The van der Waals surface area contributed by atoms with E-state index in [1.165, 1.54) is 0 Å². The maximum absolute atomic E-state index is 13.3. The number of hydrogen-bond donors (Lipinski definition) is 2. The van der Waals surface area contributed by atoms with Crippen molar-refractivity contribution in [2.45, 2.75) is 32.2 Å². The number of rotatable bonds is 6. The zero-order valence-electron chi connectivity index (χ0n) is 10.5. The molecule has 0 spiro atoms. The fourth-order valence-corrected chi connectivity index (χ4v) is 1.59.